The first kappa shape index (κ1) is 23.8. The van der Waals surface area contributed by atoms with Crippen molar-refractivity contribution in [3.05, 3.63) is 84.1 Å². The van der Waals surface area contributed by atoms with Crippen molar-refractivity contribution in [1.29, 1.82) is 0 Å². The zero-order chi connectivity index (χ0) is 24.5. The monoisotopic (exact) mass is 476 g/mol. The van der Waals surface area contributed by atoms with Gasteiger partial charge in [0.1, 0.15) is 5.82 Å². The Hall–Kier alpha value is -4.32. The molecule has 4 heterocycles. The highest BCUT2D eigenvalue weighted by Gasteiger charge is 2.19. The summed E-state index contributed by atoms with van der Waals surface area (Å²) in [5.41, 5.74) is 4.88. The van der Waals surface area contributed by atoms with E-state index in [2.05, 4.69) is 36.3 Å². The third-order valence-electron chi connectivity index (χ3n) is 5.24. The van der Waals surface area contributed by atoms with E-state index >= 15 is 0 Å². The zero-order valence-corrected chi connectivity index (χ0v) is 19.5. The van der Waals surface area contributed by atoms with Crippen LogP contribution >= 0.6 is 0 Å². The van der Waals surface area contributed by atoms with Gasteiger partial charge in [0.2, 0.25) is 5.91 Å². The number of amides is 2. The Morgan fingerprint density at radius 3 is 2.49 bits per heavy atom. The van der Waals surface area contributed by atoms with Gasteiger partial charge in [-0.05, 0) is 37.1 Å². The van der Waals surface area contributed by atoms with Gasteiger partial charge >= 0.3 is 0 Å². The van der Waals surface area contributed by atoms with Crippen molar-refractivity contribution in [2.45, 2.75) is 32.4 Å². The SMILES string of the molecule is CN1NC(NC(=O)Cc2ccccn2)=CN1CCCCn1cc(C(=O)NCc2ccccn2)nn1. The van der Waals surface area contributed by atoms with Crippen LogP contribution in [0.3, 0.4) is 0 Å². The molecular formula is C23H28N10O2. The molecule has 3 N–H and O–H groups in total. The van der Waals surface area contributed by atoms with Gasteiger partial charge in [-0.25, -0.2) is 0 Å². The van der Waals surface area contributed by atoms with E-state index in [0.29, 0.717) is 18.9 Å². The number of hydrazine groups is 2. The Labute approximate surface area is 203 Å². The van der Waals surface area contributed by atoms with Gasteiger partial charge in [-0.15, -0.1) is 10.2 Å². The van der Waals surface area contributed by atoms with Gasteiger partial charge in [-0.1, -0.05) is 17.3 Å². The zero-order valence-electron chi connectivity index (χ0n) is 19.5. The van der Waals surface area contributed by atoms with E-state index in [0.717, 1.165) is 30.8 Å². The third kappa shape index (κ3) is 7.08. The van der Waals surface area contributed by atoms with Crippen LogP contribution in [-0.2, 0) is 24.3 Å². The molecule has 0 aliphatic carbocycles. The van der Waals surface area contributed by atoms with E-state index in [4.69, 9.17) is 0 Å². The first-order valence-electron chi connectivity index (χ1n) is 11.3. The summed E-state index contributed by atoms with van der Waals surface area (Å²) in [5.74, 6) is 0.198. The van der Waals surface area contributed by atoms with Crippen LogP contribution in [0.2, 0.25) is 0 Å². The van der Waals surface area contributed by atoms with E-state index in [1.807, 2.05) is 59.8 Å². The predicted molar refractivity (Wildman–Crippen MR) is 126 cm³/mol. The largest absolute Gasteiger partial charge is 0.345 e. The first-order chi connectivity index (χ1) is 17.1. The number of carbonyl (C=O) groups excluding carboxylic acids is 2. The van der Waals surface area contributed by atoms with Crippen LogP contribution < -0.4 is 16.1 Å². The summed E-state index contributed by atoms with van der Waals surface area (Å²) in [6, 6.07) is 11.0. The summed E-state index contributed by atoms with van der Waals surface area (Å²) in [6.07, 6.45) is 8.79. The Morgan fingerprint density at radius 2 is 1.74 bits per heavy atom. The molecule has 2 amide bonds. The summed E-state index contributed by atoms with van der Waals surface area (Å²) in [4.78, 5) is 32.9. The standard InChI is InChI=1S/C23H28N10O2/c1-31-29-21(27-22(34)14-18-8-2-4-10-24-18)17-33(31)13-7-6-12-32-16-20(28-30-32)23(35)26-15-19-9-3-5-11-25-19/h2-5,8-11,16-17,29H,6-7,12-15H2,1H3,(H,26,35)(H,27,34). The van der Waals surface area contributed by atoms with Crippen molar-refractivity contribution in [2.75, 3.05) is 13.6 Å². The molecule has 0 radical (unpaired) electrons. The van der Waals surface area contributed by atoms with Crippen molar-refractivity contribution < 1.29 is 9.59 Å². The quantitative estimate of drug-likeness (QED) is 0.340. The Kier molecular flexibility index (Phi) is 7.96. The molecule has 4 rings (SSSR count). The number of hydrogen-bond acceptors (Lipinski definition) is 9. The molecule has 0 atom stereocenters. The van der Waals surface area contributed by atoms with Crippen molar-refractivity contribution in [3.63, 3.8) is 0 Å². The molecule has 0 saturated heterocycles. The average Bonchev–Trinajstić information content (AvgIpc) is 3.48. The molecule has 3 aromatic heterocycles. The topological polar surface area (TPSA) is 133 Å². The Bertz CT molecular complexity index is 1150. The summed E-state index contributed by atoms with van der Waals surface area (Å²) in [5, 5.41) is 17.5. The normalized spacial score (nSPS) is 13.3. The number of aromatic nitrogens is 5. The minimum absolute atomic E-state index is 0.135. The molecule has 3 aromatic rings. The van der Waals surface area contributed by atoms with Gasteiger partial charge < -0.3 is 10.6 Å². The lowest BCUT2D eigenvalue weighted by molar-refractivity contribution is -0.120. The molecule has 35 heavy (non-hydrogen) atoms. The molecule has 12 nitrogen and oxygen atoms in total. The van der Waals surface area contributed by atoms with Crippen molar-refractivity contribution >= 4 is 11.8 Å². The number of unbranched alkanes of at least 4 members (excludes halogenated alkanes) is 1. The number of rotatable bonds is 11. The Morgan fingerprint density at radius 1 is 1.00 bits per heavy atom. The van der Waals surface area contributed by atoms with Crippen LogP contribution in [0.15, 0.2) is 67.0 Å². The lowest BCUT2D eigenvalue weighted by Gasteiger charge is -2.24. The minimum atomic E-state index is -0.283. The lowest BCUT2D eigenvalue weighted by Crippen LogP contribution is -2.41. The van der Waals surface area contributed by atoms with E-state index in [1.165, 1.54) is 0 Å². The van der Waals surface area contributed by atoms with Crippen LogP contribution in [0.25, 0.3) is 0 Å². The second kappa shape index (κ2) is 11.7. The highest BCUT2D eigenvalue weighted by atomic mass is 16.2. The van der Waals surface area contributed by atoms with Gasteiger partial charge in [-0.2, -0.15) is 0 Å². The maximum absolute atomic E-state index is 12.3. The van der Waals surface area contributed by atoms with Crippen LogP contribution in [-0.4, -0.2) is 60.5 Å². The second-order valence-corrected chi connectivity index (χ2v) is 7.96. The lowest BCUT2D eigenvalue weighted by atomic mass is 10.2. The van der Waals surface area contributed by atoms with Gasteiger partial charge in [-0.3, -0.25) is 34.7 Å². The van der Waals surface area contributed by atoms with Gasteiger partial charge in [0.05, 0.1) is 31.1 Å². The first-order valence-corrected chi connectivity index (χ1v) is 11.3. The summed E-state index contributed by atoms with van der Waals surface area (Å²) in [7, 11) is 1.88. The molecule has 0 aromatic carbocycles. The molecule has 0 fully saturated rings. The van der Waals surface area contributed by atoms with Gasteiger partial charge in [0, 0.05) is 38.2 Å². The van der Waals surface area contributed by atoms with Crippen LogP contribution in [0.1, 0.15) is 34.7 Å². The molecule has 1 aliphatic rings. The molecular weight excluding hydrogens is 448 g/mol. The van der Waals surface area contributed by atoms with Gasteiger partial charge in [0.25, 0.3) is 5.91 Å². The van der Waals surface area contributed by atoms with Crippen LogP contribution in [0.4, 0.5) is 0 Å². The van der Waals surface area contributed by atoms with Crippen LogP contribution in [0, 0.1) is 0 Å². The maximum Gasteiger partial charge on any atom is 0.273 e. The van der Waals surface area contributed by atoms with Gasteiger partial charge in [0.15, 0.2) is 5.69 Å². The second-order valence-electron chi connectivity index (χ2n) is 7.96. The van der Waals surface area contributed by atoms with E-state index < -0.39 is 0 Å². The molecule has 182 valence electrons. The van der Waals surface area contributed by atoms with Crippen molar-refractivity contribution in [2.24, 2.45) is 0 Å². The number of nitrogens with one attached hydrogen (secondary N) is 3. The highest BCUT2D eigenvalue weighted by Crippen LogP contribution is 2.08. The fourth-order valence-corrected chi connectivity index (χ4v) is 3.46. The smallest absolute Gasteiger partial charge is 0.273 e. The number of hydrogen-bond donors (Lipinski definition) is 3. The van der Waals surface area contributed by atoms with E-state index in [1.54, 1.807) is 23.3 Å². The molecule has 0 saturated carbocycles. The molecule has 1 aliphatic heterocycles. The van der Waals surface area contributed by atoms with Crippen molar-refractivity contribution in [1.82, 2.24) is 51.1 Å². The average molecular weight is 477 g/mol. The fourth-order valence-electron chi connectivity index (χ4n) is 3.46. The molecule has 0 unspecified atom stereocenters. The summed E-state index contributed by atoms with van der Waals surface area (Å²) >= 11 is 0. The third-order valence-corrected chi connectivity index (χ3v) is 5.24. The summed E-state index contributed by atoms with van der Waals surface area (Å²) in [6.45, 7) is 1.72. The fraction of sp³-hybridized carbons (Fsp3) is 0.304. The number of nitrogens with zero attached hydrogens (tertiary/aromatic N) is 7. The predicted octanol–water partition coefficient (Wildman–Crippen LogP) is 0.603. The van der Waals surface area contributed by atoms with E-state index in [-0.39, 0.29) is 23.9 Å². The number of carbonyl (C=O) groups is 2. The van der Waals surface area contributed by atoms with Crippen molar-refractivity contribution in [3.8, 4) is 0 Å². The summed E-state index contributed by atoms with van der Waals surface area (Å²) < 4.78 is 1.67. The highest BCUT2D eigenvalue weighted by molar-refractivity contribution is 5.91. The van der Waals surface area contributed by atoms with Crippen LogP contribution in [0.5, 0.6) is 0 Å². The number of pyridine rings is 2. The molecule has 0 spiro atoms. The van der Waals surface area contributed by atoms with E-state index in [9.17, 15) is 9.59 Å². The molecule has 12 heteroatoms. The minimum Gasteiger partial charge on any atom is -0.345 e. The number of aryl methyl sites for hydroxylation is 1. The molecule has 0 bridgehead atoms. The maximum atomic E-state index is 12.3. The Balaban J connectivity index is 1.16.